The number of hydrogen-bond acceptors (Lipinski definition) is 3. The van der Waals surface area contributed by atoms with Crippen molar-refractivity contribution in [3.8, 4) is 0 Å². The predicted octanol–water partition coefficient (Wildman–Crippen LogP) is 2.55. The number of carboxylic acid groups (broad SMARTS) is 1. The number of thioether (sulfide) groups is 1. The minimum atomic E-state index is -0.906. The smallest absolute Gasteiger partial charge is 0.321 e. The lowest BCUT2D eigenvalue weighted by Gasteiger charge is -2.25. The SMILES string of the molecule is CC1(c2cc(Br)ccc2F)N[C@@H](C(=O)O)CS1. The van der Waals surface area contributed by atoms with Crippen LogP contribution in [0.15, 0.2) is 22.7 Å². The first-order chi connectivity index (χ1) is 7.92. The van der Waals surface area contributed by atoms with E-state index in [1.165, 1.54) is 17.8 Å². The number of benzene rings is 1. The molecule has 0 aromatic heterocycles. The van der Waals surface area contributed by atoms with Crippen molar-refractivity contribution in [3.05, 3.63) is 34.1 Å². The Kier molecular flexibility index (Phi) is 3.47. The fourth-order valence-electron chi connectivity index (χ4n) is 1.82. The largest absolute Gasteiger partial charge is 0.480 e. The van der Waals surface area contributed by atoms with Crippen LogP contribution in [0.1, 0.15) is 12.5 Å². The van der Waals surface area contributed by atoms with Gasteiger partial charge >= 0.3 is 5.97 Å². The molecule has 17 heavy (non-hydrogen) atoms. The number of aliphatic carboxylic acids is 1. The van der Waals surface area contributed by atoms with Crippen molar-refractivity contribution >= 4 is 33.7 Å². The van der Waals surface area contributed by atoms with Crippen molar-refractivity contribution < 1.29 is 14.3 Å². The van der Waals surface area contributed by atoms with Crippen LogP contribution >= 0.6 is 27.7 Å². The molecule has 1 aromatic rings. The second-order valence-electron chi connectivity index (χ2n) is 4.00. The Labute approximate surface area is 111 Å². The van der Waals surface area contributed by atoms with Crippen LogP contribution in [0.25, 0.3) is 0 Å². The zero-order valence-electron chi connectivity index (χ0n) is 9.04. The molecule has 2 N–H and O–H groups in total. The van der Waals surface area contributed by atoms with E-state index in [9.17, 15) is 9.18 Å². The predicted molar refractivity (Wildman–Crippen MR) is 68.5 cm³/mol. The summed E-state index contributed by atoms with van der Waals surface area (Å²) < 4.78 is 14.5. The molecular weight excluding hydrogens is 309 g/mol. The van der Waals surface area contributed by atoms with Gasteiger partial charge in [0.15, 0.2) is 0 Å². The minimum absolute atomic E-state index is 0.332. The van der Waals surface area contributed by atoms with E-state index in [4.69, 9.17) is 5.11 Å². The number of halogens is 2. The molecule has 0 bridgehead atoms. The lowest BCUT2D eigenvalue weighted by Crippen LogP contribution is -2.41. The van der Waals surface area contributed by atoms with Crippen LogP contribution in [-0.4, -0.2) is 22.9 Å². The standard InChI is InChI=1S/C11H11BrFNO2S/c1-11(14-9(5-17-11)10(15)16)7-4-6(12)2-3-8(7)13/h2-4,9,14H,5H2,1H3,(H,15,16)/t9-,11?/m1/s1. The van der Waals surface area contributed by atoms with Gasteiger partial charge in [0.2, 0.25) is 0 Å². The van der Waals surface area contributed by atoms with Gasteiger partial charge in [-0.05, 0) is 25.1 Å². The molecule has 92 valence electrons. The second-order valence-corrected chi connectivity index (χ2v) is 6.36. The molecule has 1 aromatic carbocycles. The average molecular weight is 320 g/mol. The molecule has 1 saturated heterocycles. The van der Waals surface area contributed by atoms with Gasteiger partial charge in [0.1, 0.15) is 11.9 Å². The van der Waals surface area contributed by atoms with Gasteiger partial charge in [0.05, 0.1) is 4.87 Å². The molecule has 1 heterocycles. The second kappa shape index (κ2) is 4.59. The Bertz CT molecular complexity index is 471. The summed E-state index contributed by atoms with van der Waals surface area (Å²) in [5, 5.41) is 11.9. The summed E-state index contributed by atoms with van der Waals surface area (Å²) >= 11 is 4.70. The van der Waals surface area contributed by atoms with E-state index in [-0.39, 0.29) is 5.82 Å². The highest BCUT2D eigenvalue weighted by Gasteiger charge is 2.41. The van der Waals surface area contributed by atoms with Gasteiger partial charge in [-0.2, -0.15) is 0 Å². The molecule has 1 aliphatic heterocycles. The summed E-state index contributed by atoms with van der Waals surface area (Å²) in [7, 11) is 0. The van der Waals surface area contributed by atoms with E-state index >= 15 is 0 Å². The first-order valence-corrected chi connectivity index (χ1v) is 6.80. The summed E-state index contributed by atoms with van der Waals surface area (Å²) in [5.74, 6) is -0.809. The number of nitrogens with one attached hydrogen (secondary N) is 1. The highest BCUT2D eigenvalue weighted by Crippen LogP contribution is 2.41. The first kappa shape index (κ1) is 12.9. The lowest BCUT2D eigenvalue weighted by atomic mass is 10.1. The third-order valence-electron chi connectivity index (χ3n) is 2.73. The van der Waals surface area contributed by atoms with Gasteiger partial charge < -0.3 is 5.11 Å². The molecule has 1 unspecified atom stereocenters. The molecule has 0 aliphatic carbocycles. The van der Waals surface area contributed by atoms with Gasteiger partial charge in [0, 0.05) is 15.8 Å². The molecular formula is C11H11BrFNO2S. The molecule has 1 aliphatic rings. The van der Waals surface area contributed by atoms with Crippen LogP contribution in [-0.2, 0) is 9.67 Å². The fourth-order valence-corrected chi connectivity index (χ4v) is 3.44. The minimum Gasteiger partial charge on any atom is -0.480 e. The topological polar surface area (TPSA) is 49.3 Å². The van der Waals surface area contributed by atoms with Crippen molar-refractivity contribution in [2.24, 2.45) is 0 Å². The van der Waals surface area contributed by atoms with Crippen LogP contribution in [0, 0.1) is 5.82 Å². The Balaban J connectivity index is 2.33. The Morgan fingerprint density at radius 1 is 1.71 bits per heavy atom. The van der Waals surface area contributed by atoms with Crippen molar-refractivity contribution in [1.82, 2.24) is 5.32 Å². The molecule has 2 rings (SSSR count). The monoisotopic (exact) mass is 319 g/mol. The maximum absolute atomic E-state index is 13.8. The van der Waals surface area contributed by atoms with Gasteiger partial charge in [-0.1, -0.05) is 15.9 Å². The maximum Gasteiger partial charge on any atom is 0.321 e. The summed E-state index contributed by atoms with van der Waals surface area (Å²) in [6.07, 6.45) is 0. The number of carboxylic acids is 1. The zero-order chi connectivity index (χ0) is 12.6. The molecule has 2 atom stereocenters. The van der Waals surface area contributed by atoms with Crippen LogP contribution in [0.5, 0.6) is 0 Å². The van der Waals surface area contributed by atoms with Crippen LogP contribution in [0.3, 0.4) is 0 Å². The molecule has 6 heteroatoms. The van der Waals surface area contributed by atoms with Gasteiger partial charge in [-0.15, -0.1) is 11.8 Å². The number of rotatable bonds is 2. The third kappa shape index (κ3) is 2.48. The fraction of sp³-hybridized carbons (Fsp3) is 0.364. The van der Waals surface area contributed by atoms with E-state index in [0.717, 1.165) is 4.47 Å². The van der Waals surface area contributed by atoms with E-state index in [2.05, 4.69) is 21.2 Å². The molecule has 0 spiro atoms. The Hall–Kier alpha value is -0.590. The van der Waals surface area contributed by atoms with E-state index in [0.29, 0.717) is 11.3 Å². The molecule has 0 saturated carbocycles. The normalized spacial score (nSPS) is 28.3. The first-order valence-electron chi connectivity index (χ1n) is 5.02. The average Bonchev–Trinajstić information content (AvgIpc) is 2.66. The summed E-state index contributed by atoms with van der Waals surface area (Å²) in [6.45, 7) is 1.80. The summed E-state index contributed by atoms with van der Waals surface area (Å²) in [5.41, 5.74) is 0.473. The molecule has 0 amide bonds. The molecule has 0 radical (unpaired) electrons. The Morgan fingerprint density at radius 2 is 2.41 bits per heavy atom. The number of carbonyl (C=O) groups is 1. The van der Waals surface area contributed by atoms with Crippen LogP contribution < -0.4 is 5.32 Å². The summed E-state index contributed by atoms with van der Waals surface area (Å²) in [6, 6.07) is 4.04. The van der Waals surface area contributed by atoms with Crippen molar-refractivity contribution in [1.29, 1.82) is 0 Å². The van der Waals surface area contributed by atoms with Gasteiger partial charge in [0.25, 0.3) is 0 Å². The van der Waals surface area contributed by atoms with Gasteiger partial charge in [-0.3, -0.25) is 10.1 Å². The van der Waals surface area contributed by atoms with Crippen molar-refractivity contribution in [3.63, 3.8) is 0 Å². The molecule has 3 nitrogen and oxygen atoms in total. The van der Waals surface area contributed by atoms with E-state index in [1.807, 2.05) is 0 Å². The van der Waals surface area contributed by atoms with Crippen molar-refractivity contribution in [2.45, 2.75) is 17.8 Å². The third-order valence-corrected chi connectivity index (χ3v) is 4.64. The van der Waals surface area contributed by atoms with Gasteiger partial charge in [-0.25, -0.2) is 4.39 Å². The van der Waals surface area contributed by atoms with Crippen LogP contribution in [0.4, 0.5) is 4.39 Å². The summed E-state index contributed by atoms with van der Waals surface area (Å²) in [4.78, 5) is 10.2. The maximum atomic E-state index is 13.8. The zero-order valence-corrected chi connectivity index (χ0v) is 11.4. The van der Waals surface area contributed by atoms with E-state index < -0.39 is 16.9 Å². The van der Waals surface area contributed by atoms with Crippen molar-refractivity contribution in [2.75, 3.05) is 5.75 Å². The van der Waals surface area contributed by atoms with E-state index in [1.54, 1.807) is 19.1 Å². The lowest BCUT2D eigenvalue weighted by molar-refractivity contribution is -0.138. The molecule has 1 fully saturated rings. The quantitative estimate of drug-likeness (QED) is 0.879. The highest BCUT2D eigenvalue weighted by molar-refractivity contribution is 9.10. The highest BCUT2D eigenvalue weighted by atomic mass is 79.9. The van der Waals surface area contributed by atoms with Crippen LogP contribution in [0.2, 0.25) is 0 Å². The Morgan fingerprint density at radius 3 is 3.00 bits per heavy atom. The number of hydrogen-bond donors (Lipinski definition) is 2.